The topological polar surface area (TPSA) is 31.4 Å². The summed E-state index contributed by atoms with van der Waals surface area (Å²) in [5.74, 6) is 0. The van der Waals surface area contributed by atoms with Crippen LogP contribution in [0.5, 0.6) is 0 Å². The normalized spacial score (nSPS) is 23.3. The van der Waals surface area contributed by atoms with Gasteiger partial charge in [0.1, 0.15) is 0 Å². The van der Waals surface area contributed by atoms with Crippen LogP contribution in [0.3, 0.4) is 0 Å². The molecule has 0 bridgehead atoms. The lowest BCUT2D eigenvalue weighted by Gasteiger charge is -2.32. The first-order valence-corrected chi connectivity index (χ1v) is 9.13. The molecule has 0 amide bonds. The Kier molecular flexibility index (Phi) is 5.54. The summed E-state index contributed by atoms with van der Waals surface area (Å²) in [5, 5.41) is 4.61. The Morgan fingerprint density at radius 2 is 2.09 bits per heavy atom. The summed E-state index contributed by atoms with van der Waals surface area (Å²) in [7, 11) is 0. The van der Waals surface area contributed by atoms with Gasteiger partial charge in [-0.1, -0.05) is 6.07 Å². The van der Waals surface area contributed by atoms with Gasteiger partial charge in [0.05, 0.1) is 15.2 Å². The first kappa shape index (κ1) is 17.1. The van der Waals surface area contributed by atoms with Gasteiger partial charge in [-0.25, -0.2) is 4.98 Å². The van der Waals surface area contributed by atoms with E-state index < -0.39 is 0 Å². The second-order valence-corrected chi connectivity index (χ2v) is 7.73. The van der Waals surface area contributed by atoms with Gasteiger partial charge in [-0.2, -0.15) is 0 Å². The number of benzene rings is 1. The SMILES string of the molecule is Cc1nc2ccc(CN3CCC(N4CCNCC4)C3)cc2s1.Cl. The molecule has 2 fully saturated rings. The molecule has 4 nitrogen and oxygen atoms in total. The van der Waals surface area contributed by atoms with Crippen molar-refractivity contribution >= 4 is 34.0 Å². The zero-order chi connectivity index (χ0) is 14.9. The molecule has 2 saturated heterocycles. The van der Waals surface area contributed by atoms with Crippen molar-refractivity contribution in [1.29, 1.82) is 0 Å². The van der Waals surface area contributed by atoms with Crippen LogP contribution >= 0.6 is 23.7 Å². The molecule has 1 aromatic carbocycles. The van der Waals surface area contributed by atoms with Gasteiger partial charge in [-0.05, 0) is 31.0 Å². The molecular weight excluding hydrogens is 328 g/mol. The van der Waals surface area contributed by atoms with E-state index in [-0.39, 0.29) is 12.4 Å². The lowest BCUT2D eigenvalue weighted by Crippen LogP contribution is -2.49. The van der Waals surface area contributed by atoms with E-state index >= 15 is 0 Å². The molecule has 0 radical (unpaired) electrons. The standard InChI is InChI=1S/C17H24N4S.ClH/c1-13-19-16-3-2-14(10-17(16)22-13)11-20-7-4-15(12-20)21-8-5-18-6-9-21;/h2-3,10,15,18H,4-9,11-12H2,1H3;1H. The second kappa shape index (κ2) is 7.45. The molecule has 23 heavy (non-hydrogen) atoms. The smallest absolute Gasteiger partial charge is 0.0907 e. The van der Waals surface area contributed by atoms with E-state index in [0.29, 0.717) is 0 Å². The van der Waals surface area contributed by atoms with Crippen LogP contribution in [0.25, 0.3) is 10.2 Å². The van der Waals surface area contributed by atoms with Crippen LogP contribution in [0, 0.1) is 6.92 Å². The number of nitrogens with one attached hydrogen (secondary N) is 1. The minimum atomic E-state index is 0. The third-order valence-electron chi connectivity index (χ3n) is 4.88. The van der Waals surface area contributed by atoms with Crippen molar-refractivity contribution in [2.75, 3.05) is 39.3 Å². The third-order valence-corrected chi connectivity index (χ3v) is 5.82. The average molecular weight is 353 g/mol. The van der Waals surface area contributed by atoms with Crippen LogP contribution in [-0.4, -0.2) is 60.1 Å². The monoisotopic (exact) mass is 352 g/mol. The minimum absolute atomic E-state index is 0. The van der Waals surface area contributed by atoms with Crippen molar-refractivity contribution in [1.82, 2.24) is 20.1 Å². The van der Waals surface area contributed by atoms with E-state index in [1.54, 1.807) is 11.3 Å². The number of nitrogens with zero attached hydrogens (tertiary/aromatic N) is 3. The maximum absolute atomic E-state index is 4.55. The summed E-state index contributed by atoms with van der Waals surface area (Å²) in [4.78, 5) is 9.84. The number of fused-ring (bicyclic) bond motifs is 1. The minimum Gasteiger partial charge on any atom is -0.314 e. The highest BCUT2D eigenvalue weighted by atomic mass is 35.5. The fourth-order valence-electron chi connectivity index (χ4n) is 3.74. The Balaban J connectivity index is 0.00000156. The molecule has 6 heteroatoms. The molecule has 0 aliphatic carbocycles. The Morgan fingerprint density at radius 3 is 2.91 bits per heavy atom. The summed E-state index contributed by atoms with van der Waals surface area (Å²) in [6, 6.07) is 7.52. The van der Waals surface area contributed by atoms with Crippen molar-refractivity contribution in [2.24, 2.45) is 0 Å². The molecule has 0 saturated carbocycles. The summed E-state index contributed by atoms with van der Waals surface area (Å²) in [5.41, 5.74) is 2.57. The summed E-state index contributed by atoms with van der Waals surface area (Å²) < 4.78 is 1.33. The zero-order valence-electron chi connectivity index (χ0n) is 13.6. The van der Waals surface area contributed by atoms with Gasteiger partial charge < -0.3 is 5.32 Å². The summed E-state index contributed by atoms with van der Waals surface area (Å²) in [6.45, 7) is 10.3. The average Bonchev–Trinajstić information content (AvgIpc) is 3.13. The molecule has 3 heterocycles. The molecule has 1 N–H and O–H groups in total. The van der Waals surface area contributed by atoms with Gasteiger partial charge in [-0.15, -0.1) is 23.7 Å². The van der Waals surface area contributed by atoms with Gasteiger partial charge in [0, 0.05) is 51.9 Å². The Hall–Kier alpha value is -0.720. The first-order chi connectivity index (χ1) is 10.8. The maximum atomic E-state index is 4.55. The molecule has 1 unspecified atom stereocenters. The number of likely N-dealkylation sites (tertiary alicyclic amines) is 1. The van der Waals surface area contributed by atoms with E-state index in [1.807, 2.05) is 0 Å². The van der Waals surface area contributed by atoms with Crippen molar-refractivity contribution in [3.05, 3.63) is 28.8 Å². The Morgan fingerprint density at radius 1 is 1.26 bits per heavy atom. The van der Waals surface area contributed by atoms with Gasteiger partial charge in [0.25, 0.3) is 0 Å². The summed E-state index contributed by atoms with van der Waals surface area (Å²) >= 11 is 1.80. The second-order valence-electron chi connectivity index (χ2n) is 6.50. The van der Waals surface area contributed by atoms with Gasteiger partial charge in [0.15, 0.2) is 0 Å². The highest BCUT2D eigenvalue weighted by Crippen LogP contribution is 2.24. The molecule has 2 aromatic rings. The number of aryl methyl sites for hydroxylation is 1. The number of aromatic nitrogens is 1. The highest BCUT2D eigenvalue weighted by Gasteiger charge is 2.28. The third kappa shape index (κ3) is 3.86. The van der Waals surface area contributed by atoms with E-state index in [1.165, 1.54) is 42.9 Å². The summed E-state index contributed by atoms with van der Waals surface area (Å²) in [6.07, 6.45) is 1.32. The van der Waals surface area contributed by atoms with Crippen molar-refractivity contribution < 1.29 is 0 Å². The molecule has 1 atom stereocenters. The maximum Gasteiger partial charge on any atom is 0.0907 e. The zero-order valence-corrected chi connectivity index (χ0v) is 15.3. The number of halogens is 1. The molecule has 2 aliphatic heterocycles. The fourth-order valence-corrected chi connectivity index (χ4v) is 4.63. The lowest BCUT2D eigenvalue weighted by molar-refractivity contribution is 0.170. The van der Waals surface area contributed by atoms with E-state index in [0.717, 1.165) is 36.2 Å². The van der Waals surface area contributed by atoms with E-state index in [4.69, 9.17) is 0 Å². The quantitative estimate of drug-likeness (QED) is 0.919. The van der Waals surface area contributed by atoms with E-state index in [9.17, 15) is 0 Å². The van der Waals surface area contributed by atoms with Crippen LogP contribution in [-0.2, 0) is 6.54 Å². The largest absolute Gasteiger partial charge is 0.314 e. The van der Waals surface area contributed by atoms with Crippen molar-refractivity contribution in [3.63, 3.8) is 0 Å². The molecule has 0 spiro atoms. The predicted octanol–water partition coefficient (Wildman–Crippen LogP) is 2.51. The van der Waals surface area contributed by atoms with Crippen LogP contribution < -0.4 is 5.32 Å². The first-order valence-electron chi connectivity index (χ1n) is 8.31. The molecule has 126 valence electrons. The number of rotatable bonds is 3. The van der Waals surface area contributed by atoms with Crippen LogP contribution in [0.2, 0.25) is 0 Å². The highest BCUT2D eigenvalue weighted by molar-refractivity contribution is 7.18. The van der Waals surface area contributed by atoms with Gasteiger partial charge in [0.2, 0.25) is 0 Å². The number of hydrogen-bond acceptors (Lipinski definition) is 5. The van der Waals surface area contributed by atoms with Crippen LogP contribution in [0.1, 0.15) is 17.0 Å². The van der Waals surface area contributed by atoms with Crippen molar-refractivity contribution in [2.45, 2.75) is 25.9 Å². The van der Waals surface area contributed by atoms with Crippen molar-refractivity contribution in [3.8, 4) is 0 Å². The molecule has 1 aromatic heterocycles. The van der Waals surface area contributed by atoms with Crippen LogP contribution in [0.15, 0.2) is 18.2 Å². The molecule has 2 aliphatic rings. The lowest BCUT2D eigenvalue weighted by atomic mass is 10.2. The number of hydrogen-bond donors (Lipinski definition) is 1. The number of thiazole rings is 1. The molecular formula is C17H25ClN4S. The molecule has 4 rings (SSSR count). The predicted molar refractivity (Wildman–Crippen MR) is 99.7 cm³/mol. The fraction of sp³-hybridized carbons (Fsp3) is 0.588. The van der Waals surface area contributed by atoms with Crippen LogP contribution in [0.4, 0.5) is 0 Å². The van der Waals surface area contributed by atoms with Gasteiger partial charge >= 0.3 is 0 Å². The number of piperazine rings is 1. The van der Waals surface area contributed by atoms with E-state index in [2.05, 4.69) is 45.2 Å². The Labute approximate surface area is 148 Å². The van der Waals surface area contributed by atoms with Gasteiger partial charge in [-0.3, -0.25) is 9.80 Å². The Bertz CT molecular complexity index is 653.